The van der Waals surface area contributed by atoms with Crippen LogP contribution in [-0.4, -0.2) is 30.8 Å². The minimum Gasteiger partial charge on any atom is -0.491 e. The Kier molecular flexibility index (Phi) is 5.42. The summed E-state index contributed by atoms with van der Waals surface area (Å²) in [6, 6.07) is 5.97. The number of rotatable bonds is 6. The Morgan fingerprint density at radius 1 is 1.50 bits per heavy atom. The van der Waals surface area contributed by atoms with Gasteiger partial charge in [-0.15, -0.1) is 0 Å². The number of hydrogen-bond acceptors (Lipinski definition) is 4. The summed E-state index contributed by atoms with van der Waals surface area (Å²) < 4.78 is 11.5. The van der Waals surface area contributed by atoms with Gasteiger partial charge in [-0.05, 0) is 45.2 Å². The van der Waals surface area contributed by atoms with Gasteiger partial charge in [-0.3, -0.25) is 4.79 Å². The zero-order chi connectivity index (χ0) is 16.2. The Labute approximate surface area is 132 Å². The van der Waals surface area contributed by atoms with Crippen molar-refractivity contribution in [3.05, 3.63) is 29.3 Å². The molecule has 1 fully saturated rings. The van der Waals surface area contributed by atoms with Crippen LogP contribution in [0.15, 0.2) is 18.2 Å². The Morgan fingerprint density at radius 3 is 2.91 bits per heavy atom. The molecule has 0 saturated carbocycles. The van der Waals surface area contributed by atoms with E-state index in [9.17, 15) is 4.79 Å². The van der Waals surface area contributed by atoms with E-state index in [1.165, 1.54) is 0 Å². The second-order valence-corrected chi connectivity index (χ2v) is 6.46. The van der Waals surface area contributed by atoms with Crippen molar-refractivity contribution < 1.29 is 14.3 Å². The Balaban J connectivity index is 1.98. The van der Waals surface area contributed by atoms with Gasteiger partial charge in [0.1, 0.15) is 12.4 Å². The zero-order valence-corrected chi connectivity index (χ0v) is 13.6. The summed E-state index contributed by atoms with van der Waals surface area (Å²) in [5, 5.41) is 2.85. The fourth-order valence-corrected chi connectivity index (χ4v) is 2.30. The molecule has 1 aromatic carbocycles. The minimum absolute atomic E-state index is 0.172. The predicted octanol–water partition coefficient (Wildman–Crippen LogP) is 1.91. The monoisotopic (exact) mass is 306 g/mol. The number of nitrogens with two attached hydrogens (primary N) is 1. The molecular formula is C17H26N2O3. The highest BCUT2D eigenvalue weighted by Crippen LogP contribution is 2.22. The molecule has 0 bridgehead atoms. The number of benzene rings is 1. The molecule has 122 valence electrons. The van der Waals surface area contributed by atoms with Gasteiger partial charge in [0.2, 0.25) is 5.91 Å². The van der Waals surface area contributed by atoms with Crippen LogP contribution in [0.3, 0.4) is 0 Å². The highest BCUT2D eigenvalue weighted by molar-refractivity contribution is 5.85. The summed E-state index contributed by atoms with van der Waals surface area (Å²) in [7, 11) is 0. The van der Waals surface area contributed by atoms with E-state index >= 15 is 0 Å². The van der Waals surface area contributed by atoms with E-state index in [1.54, 1.807) is 13.8 Å². The molecule has 1 amide bonds. The molecule has 22 heavy (non-hydrogen) atoms. The summed E-state index contributed by atoms with van der Waals surface area (Å²) in [6.07, 6.45) is 2.31. The van der Waals surface area contributed by atoms with Gasteiger partial charge in [-0.25, -0.2) is 0 Å². The summed E-state index contributed by atoms with van der Waals surface area (Å²) >= 11 is 0. The van der Waals surface area contributed by atoms with Crippen LogP contribution in [-0.2, 0) is 16.1 Å². The van der Waals surface area contributed by atoms with E-state index in [4.69, 9.17) is 15.2 Å². The van der Waals surface area contributed by atoms with Crippen LogP contribution in [0.25, 0.3) is 0 Å². The fourth-order valence-electron chi connectivity index (χ4n) is 2.30. The third-order valence-corrected chi connectivity index (χ3v) is 3.70. The van der Waals surface area contributed by atoms with Gasteiger partial charge in [-0.1, -0.05) is 12.1 Å². The van der Waals surface area contributed by atoms with E-state index in [0.717, 1.165) is 36.3 Å². The molecule has 1 aliphatic rings. The molecule has 3 N–H and O–H groups in total. The minimum atomic E-state index is -0.886. The number of nitrogens with one attached hydrogen (secondary N) is 1. The Bertz CT molecular complexity index is 517. The number of aryl methyl sites for hydroxylation is 1. The first kappa shape index (κ1) is 16.8. The zero-order valence-electron chi connectivity index (χ0n) is 13.6. The van der Waals surface area contributed by atoms with Gasteiger partial charge in [0, 0.05) is 18.7 Å². The standard InChI is InChI=1S/C17H26N2O3/c1-12-6-7-13(10-19-16(20)17(2,3)18)15(9-12)22-11-14-5-4-8-21-14/h6-7,9,14H,4-5,8,10-11,18H2,1-3H3,(H,19,20). The summed E-state index contributed by atoms with van der Waals surface area (Å²) in [4.78, 5) is 11.9. The maximum absolute atomic E-state index is 11.9. The molecule has 0 radical (unpaired) electrons. The van der Waals surface area contributed by atoms with E-state index in [2.05, 4.69) is 5.32 Å². The second-order valence-electron chi connectivity index (χ2n) is 6.46. The van der Waals surface area contributed by atoms with Crippen LogP contribution in [0.1, 0.15) is 37.8 Å². The van der Waals surface area contributed by atoms with Crippen LogP contribution in [0.4, 0.5) is 0 Å². The first-order chi connectivity index (χ1) is 10.4. The lowest BCUT2D eigenvalue weighted by Crippen LogP contribution is -2.48. The van der Waals surface area contributed by atoms with Crippen molar-refractivity contribution in [1.29, 1.82) is 0 Å². The molecule has 1 aliphatic heterocycles. The molecule has 0 spiro atoms. The van der Waals surface area contributed by atoms with Crippen molar-refractivity contribution in [2.75, 3.05) is 13.2 Å². The molecule has 0 aromatic heterocycles. The molecule has 1 saturated heterocycles. The Hall–Kier alpha value is -1.59. The van der Waals surface area contributed by atoms with E-state index in [-0.39, 0.29) is 12.0 Å². The molecule has 0 aliphatic carbocycles. The largest absolute Gasteiger partial charge is 0.491 e. The molecule has 5 heteroatoms. The second kappa shape index (κ2) is 7.11. The third-order valence-electron chi connectivity index (χ3n) is 3.70. The van der Waals surface area contributed by atoms with Crippen molar-refractivity contribution in [2.45, 2.75) is 51.8 Å². The van der Waals surface area contributed by atoms with Crippen LogP contribution < -0.4 is 15.8 Å². The topological polar surface area (TPSA) is 73.6 Å². The van der Waals surface area contributed by atoms with E-state index in [1.807, 2.05) is 25.1 Å². The van der Waals surface area contributed by atoms with Crippen LogP contribution in [0, 0.1) is 6.92 Å². The van der Waals surface area contributed by atoms with Gasteiger partial charge in [0.25, 0.3) is 0 Å². The fraction of sp³-hybridized carbons (Fsp3) is 0.588. The van der Waals surface area contributed by atoms with Crippen molar-refractivity contribution in [3.8, 4) is 5.75 Å². The van der Waals surface area contributed by atoms with E-state index < -0.39 is 5.54 Å². The van der Waals surface area contributed by atoms with Crippen molar-refractivity contribution in [2.24, 2.45) is 5.73 Å². The normalized spacial score (nSPS) is 18.3. The van der Waals surface area contributed by atoms with Crippen molar-refractivity contribution >= 4 is 5.91 Å². The first-order valence-electron chi connectivity index (χ1n) is 7.77. The molecule has 5 nitrogen and oxygen atoms in total. The SMILES string of the molecule is Cc1ccc(CNC(=O)C(C)(C)N)c(OCC2CCCO2)c1. The maximum atomic E-state index is 11.9. The average Bonchev–Trinajstić information content (AvgIpc) is 2.96. The number of carbonyl (C=O) groups excluding carboxylic acids is 1. The van der Waals surface area contributed by atoms with E-state index in [0.29, 0.717) is 13.2 Å². The summed E-state index contributed by atoms with van der Waals surface area (Å²) in [6.45, 7) is 7.16. The lowest BCUT2D eigenvalue weighted by molar-refractivity contribution is -0.125. The molecule has 2 rings (SSSR count). The van der Waals surface area contributed by atoms with Crippen LogP contribution in [0.2, 0.25) is 0 Å². The summed E-state index contributed by atoms with van der Waals surface area (Å²) in [5.41, 5.74) is 6.97. The third kappa shape index (κ3) is 4.71. The highest BCUT2D eigenvalue weighted by atomic mass is 16.5. The number of hydrogen-bond donors (Lipinski definition) is 2. The molecule has 1 heterocycles. The quantitative estimate of drug-likeness (QED) is 0.842. The van der Waals surface area contributed by atoms with Gasteiger partial charge in [0.15, 0.2) is 0 Å². The van der Waals surface area contributed by atoms with Crippen molar-refractivity contribution in [3.63, 3.8) is 0 Å². The van der Waals surface area contributed by atoms with Gasteiger partial charge < -0.3 is 20.5 Å². The molecule has 1 atom stereocenters. The van der Waals surface area contributed by atoms with Gasteiger partial charge in [0.05, 0.1) is 11.6 Å². The van der Waals surface area contributed by atoms with Crippen molar-refractivity contribution in [1.82, 2.24) is 5.32 Å². The van der Waals surface area contributed by atoms with Gasteiger partial charge >= 0.3 is 0 Å². The van der Waals surface area contributed by atoms with Gasteiger partial charge in [-0.2, -0.15) is 0 Å². The number of ether oxygens (including phenoxy) is 2. The molecule has 1 unspecified atom stereocenters. The maximum Gasteiger partial charge on any atom is 0.239 e. The highest BCUT2D eigenvalue weighted by Gasteiger charge is 2.22. The molecule has 1 aromatic rings. The van der Waals surface area contributed by atoms with Crippen LogP contribution in [0.5, 0.6) is 5.75 Å². The predicted molar refractivity (Wildman–Crippen MR) is 85.8 cm³/mol. The first-order valence-corrected chi connectivity index (χ1v) is 7.77. The number of carbonyl (C=O) groups is 1. The average molecular weight is 306 g/mol. The van der Waals surface area contributed by atoms with Crippen LogP contribution >= 0.6 is 0 Å². The summed E-state index contributed by atoms with van der Waals surface area (Å²) in [5.74, 6) is 0.615. The Morgan fingerprint density at radius 2 is 2.27 bits per heavy atom. The number of amides is 1. The molecular weight excluding hydrogens is 280 g/mol. The smallest absolute Gasteiger partial charge is 0.239 e. The lowest BCUT2D eigenvalue weighted by atomic mass is 10.1. The lowest BCUT2D eigenvalue weighted by Gasteiger charge is -2.19.